The summed E-state index contributed by atoms with van der Waals surface area (Å²) < 4.78 is 18.7. The number of ether oxygens (including phenoxy) is 1. The van der Waals surface area contributed by atoms with E-state index in [9.17, 15) is 9.18 Å². The Kier molecular flexibility index (Phi) is 4.88. The highest BCUT2D eigenvalue weighted by Gasteiger charge is 2.28. The van der Waals surface area contributed by atoms with Gasteiger partial charge >= 0.3 is 6.09 Å². The first-order valence-electron chi connectivity index (χ1n) is 8.69. The van der Waals surface area contributed by atoms with E-state index in [1.807, 2.05) is 20.8 Å². The second-order valence-corrected chi connectivity index (χ2v) is 7.63. The van der Waals surface area contributed by atoms with Crippen LogP contribution in [0, 0.1) is 11.7 Å². The predicted molar refractivity (Wildman–Crippen MR) is 93.7 cm³/mol. The molecule has 1 amide bonds. The molecule has 2 heterocycles. The van der Waals surface area contributed by atoms with Crippen LogP contribution in [0.2, 0.25) is 0 Å². The third kappa shape index (κ3) is 4.65. The lowest BCUT2D eigenvalue weighted by atomic mass is 9.94. The number of carbonyl (C=O) groups is 1. The molecule has 1 atom stereocenters. The van der Waals surface area contributed by atoms with Gasteiger partial charge in [0, 0.05) is 31.1 Å². The molecule has 134 valence electrons. The van der Waals surface area contributed by atoms with Crippen LogP contribution in [0.4, 0.5) is 9.18 Å². The molecule has 0 N–H and O–H groups in total. The number of nitrogens with zero attached hydrogens (tertiary/aromatic N) is 3. The first-order valence-corrected chi connectivity index (χ1v) is 8.69. The van der Waals surface area contributed by atoms with E-state index in [1.54, 1.807) is 17.2 Å². The highest BCUT2D eigenvalue weighted by molar-refractivity contribution is 5.77. The van der Waals surface area contributed by atoms with Gasteiger partial charge in [-0.05, 0) is 57.7 Å². The summed E-state index contributed by atoms with van der Waals surface area (Å²) in [5.74, 6) is 0.749. The topological polar surface area (TPSA) is 55.3 Å². The molecule has 5 nitrogen and oxygen atoms in total. The molecule has 0 bridgehead atoms. The average molecular weight is 345 g/mol. The van der Waals surface area contributed by atoms with Gasteiger partial charge in [-0.3, -0.25) is 0 Å². The molecule has 6 heteroatoms. The van der Waals surface area contributed by atoms with Crippen LogP contribution < -0.4 is 0 Å². The van der Waals surface area contributed by atoms with Gasteiger partial charge in [0.15, 0.2) is 0 Å². The molecular weight excluding hydrogens is 321 g/mol. The normalized spacial score (nSPS) is 18.4. The molecule has 0 aliphatic carbocycles. The molecule has 0 radical (unpaired) electrons. The third-order valence-electron chi connectivity index (χ3n) is 4.23. The van der Waals surface area contributed by atoms with Crippen molar-refractivity contribution in [3.63, 3.8) is 0 Å². The zero-order valence-electron chi connectivity index (χ0n) is 15.0. The smallest absolute Gasteiger partial charge is 0.410 e. The minimum absolute atomic E-state index is 0.257. The van der Waals surface area contributed by atoms with Crippen molar-refractivity contribution in [2.45, 2.75) is 45.6 Å². The number of carbonyl (C=O) groups excluding carboxylic acids is 1. The standard InChI is InChI=1S/C19H24FN3O2/c1-19(2,3)25-18(24)23-8-4-5-13(12-23)9-17-21-11-14-10-15(20)6-7-16(14)22-17/h6-7,10-11,13H,4-5,8-9,12H2,1-3H3/t13-/m0/s1. The summed E-state index contributed by atoms with van der Waals surface area (Å²) in [6.07, 6.45) is 4.08. The number of halogens is 1. The molecule has 0 saturated carbocycles. The SMILES string of the molecule is CC(C)(C)OC(=O)N1CCC[C@@H](Cc2ncc3cc(F)ccc3n2)C1. The summed E-state index contributed by atoms with van der Waals surface area (Å²) in [5.41, 5.74) is 0.256. The van der Waals surface area contributed by atoms with E-state index in [4.69, 9.17) is 4.74 Å². The molecule has 2 aromatic rings. The third-order valence-corrected chi connectivity index (χ3v) is 4.23. The number of fused-ring (bicyclic) bond motifs is 1. The van der Waals surface area contributed by atoms with E-state index in [2.05, 4.69) is 9.97 Å². The maximum Gasteiger partial charge on any atom is 0.410 e. The fourth-order valence-corrected chi connectivity index (χ4v) is 3.12. The summed E-state index contributed by atoms with van der Waals surface area (Å²) in [6, 6.07) is 4.51. The van der Waals surface area contributed by atoms with Crippen LogP contribution in [0.1, 0.15) is 39.4 Å². The van der Waals surface area contributed by atoms with Gasteiger partial charge < -0.3 is 9.64 Å². The number of piperidine rings is 1. The molecule has 1 aromatic heterocycles. The molecule has 0 unspecified atom stereocenters. The van der Waals surface area contributed by atoms with Gasteiger partial charge in [0.05, 0.1) is 5.52 Å². The van der Waals surface area contributed by atoms with Crippen LogP contribution in [0.5, 0.6) is 0 Å². The molecule has 0 spiro atoms. The van der Waals surface area contributed by atoms with Gasteiger partial charge in [-0.1, -0.05) is 0 Å². The molecule has 1 aliphatic heterocycles. The fraction of sp³-hybridized carbons (Fsp3) is 0.526. The molecular formula is C19H24FN3O2. The Bertz CT molecular complexity index is 773. The van der Waals surface area contributed by atoms with E-state index in [0.29, 0.717) is 24.3 Å². The number of likely N-dealkylation sites (tertiary alicyclic amines) is 1. The summed E-state index contributed by atoms with van der Waals surface area (Å²) in [4.78, 5) is 22.9. The van der Waals surface area contributed by atoms with Crippen molar-refractivity contribution in [3.05, 3.63) is 36.0 Å². The number of amides is 1. The Morgan fingerprint density at radius 1 is 1.40 bits per heavy atom. The molecule has 1 aliphatic rings. The van der Waals surface area contributed by atoms with Crippen molar-refractivity contribution in [2.75, 3.05) is 13.1 Å². The second-order valence-electron chi connectivity index (χ2n) is 7.63. The number of rotatable bonds is 2. The zero-order chi connectivity index (χ0) is 18.0. The monoisotopic (exact) mass is 345 g/mol. The van der Waals surface area contributed by atoms with Crippen LogP contribution in [0.3, 0.4) is 0 Å². The average Bonchev–Trinajstić information content (AvgIpc) is 2.54. The lowest BCUT2D eigenvalue weighted by molar-refractivity contribution is 0.0165. The van der Waals surface area contributed by atoms with E-state index < -0.39 is 5.60 Å². The van der Waals surface area contributed by atoms with Crippen molar-refractivity contribution in [2.24, 2.45) is 5.92 Å². The Balaban J connectivity index is 1.66. The van der Waals surface area contributed by atoms with Crippen molar-refractivity contribution < 1.29 is 13.9 Å². The van der Waals surface area contributed by atoms with Crippen LogP contribution >= 0.6 is 0 Å². The second kappa shape index (κ2) is 6.94. The van der Waals surface area contributed by atoms with Gasteiger partial charge in [-0.2, -0.15) is 0 Å². The fourth-order valence-electron chi connectivity index (χ4n) is 3.12. The minimum Gasteiger partial charge on any atom is -0.444 e. The lowest BCUT2D eigenvalue weighted by Crippen LogP contribution is -2.43. The Morgan fingerprint density at radius 3 is 2.96 bits per heavy atom. The van der Waals surface area contributed by atoms with E-state index in [1.165, 1.54) is 12.1 Å². The first kappa shape index (κ1) is 17.6. The zero-order valence-corrected chi connectivity index (χ0v) is 15.0. The van der Waals surface area contributed by atoms with Gasteiger partial charge in [-0.15, -0.1) is 0 Å². The van der Waals surface area contributed by atoms with Gasteiger partial charge in [0.2, 0.25) is 0 Å². The Labute approximate surface area is 147 Å². The molecule has 3 rings (SSSR count). The molecule has 1 fully saturated rings. The maximum absolute atomic E-state index is 13.2. The quantitative estimate of drug-likeness (QED) is 0.827. The van der Waals surface area contributed by atoms with Crippen LogP contribution in [-0.2, 0) is 11.2 Å². The molecule has 1 saturated heterocycles. The summed E-state index contributed by atoms with van der Waals surface area (Å²) in [6.45, 7) is 7.00. The Morgan fingerprint density at radius 2 is 2.20 bits per heavy atom. The van der Waals surface area contributed by atoms with Crippen LogP contribution in [0.15, 0.2) is 24.4 Å². The van der Waals surface area contributed by atoms with Crippen LogP contribution in [0.25, 0.3) is 10.9 Å². The maximum atomic E-state index is 13.2. The lowest BCUT2D eigenvalue weighted by Gasteiger charge is -2.34. The number of aromatic nitrogens is 2. The number of hydrogen-bond donors (Lipinski definition) is 0. The van der Waals surface area contributed by atoms with Gasteiger partial charge in [0.1, 0.15) is 17.2 Å². The summed E-state index contributed by atoms with van der Waals surface area (Å²) in [5, 5.41) is 0.697. The number of benzene rings is 1. The molecule has 1 aromatic carbocycles. The first-order chi connectivity index (χ1) is 11.8. The highest BCUT2D eigenvalue weighted by Crippen LogP contribution is 2.22. The summed E-state index contributed by atoms with van der Waals surface area (Å²) in [7, 11) is 0. The van der Waals surface area contributed by atoms with Crippen molar-refractivity contribution in [3.8, 4) is 0 Å². The largest absolute Gasteiger partial charge is 0.444 e. The number of hydrogen-bond acceptors (Lipinski definition) is 4. The van der Waals surface area contributed by atoms with Crippen LogP contribution in [-0.4, -0.2) is 39.7 Å². The molecule has 25 heavy (non-hydrogen) atoms. The summed E-state index contributed by atoms with van der Waals surface area (Å²) >= 11 is 0. The predicted octanol–water partition coefficient (Wildman–Crippen LogP) is 3.96. The Hall–Kier alpha value is -2.24. The van der Waals surface area contributed by atoms with E-state index in [0.717, 1.165) is 30.7 Å². The van der Waals surface area contributed by atoms with Crippen molar-refractivity contribution >= 4 is 17.0 Å². The minimum atomic E-state index is -0.485. The highest BCUT2D eigenvalue weighted by atomic mass is 19.1. The van der Waals surface area contributed by atoms with E-state index >= 15 is 0 Å². The van der Waals surface area contributed by atoms with Gasteiger partial charge in [0.25, 0.3) is 0 Å². The van der Waals surface area contributed by atoms with Gasteiger partial charge in [-0.25, -0.2) is 19.2 Å². The van der Waals surface area contributed by atoms with Crippen molar-refractivity contribution in [1.82, 2.24) is 14.9 Å². The van der Waals surface area contributed by atoms with E-state index in [-0.39, 0.29) is 11.9 Å². The van der Waals surface area contributed by atoms with Crippen molar-refractivity contribution in [1.29, 1.82) is 0 Å².